The fourth-order valence-corrected chi connectivity index (χ4v) is 4.19. The molecular formula is C23H37N5O8. The molecule has 0 amide bonds. The van der Waals surface area contributed by atoms with Gasteiger partial charge in [0.2, 0.25) is 0 Å². The van der Waals surface area contributed by atoms with Crippen LogP contribution >= 0.6 is 0 Å². The van der Waals surface area contributed by atoms with Gasteiger partial charge in [0.05, 0.1) is 31.8 Å². The zero-order valence-electron chi connectivity index (χ0n) is 20.5. The van der Waals surface area contributed by atoms with Gasteiger partial charge < -0.3 is 36.2 Å². The molecule has 1 fully saturated rings. The molecule has 0 spiro atoms. The molecule has 0 saturated carbocycles. The normalized spacial score (nSPS) is 22.2. The molecule has 1 heterocycles. The van der Waals surface area contributed by atoms with Crippen molar-refractivity contribution >= 4 is 23.6 Å². The Morgan fingerprint density at radius 2 is 1.53 bits per heavy atom. The molecule has 13 nitrogen and oxygen atoms in total. The van der Waals surface area contributed by atoms with Crippen molar-refractivity contribution in [1.82, 2.24) is 20.0 Å². The predicted octanol–water partition coefficient (Wildman–Crippen LogP) is -1.12. The monoisotopic (exact) mass is 511 g/mol. The summed E-state index contributed by atoms with van der Waals surface area (Å²) >= 11 is 0. The number of benzene rings is 1. The molecule has 1 aliphatic rings. The van der Waals surface area contributed by atoms with Crippen molar-refractivity contribution in [2.75, 3.05) is 64.6 Å². The first kappa shape index (κ1) is 29.3. The summed E-state index contributed by atoms with van der Waals surface area (Å²) in [6.07, 6.45) is -1.84. The molecule has 7 N–H and O–H groups in total. The summed E-state index contributed by atoms with van der Waals surface area (Å²) in [5, 5.41) is 42.8. The van der Waals surface area contributed by atoms with E-state index in [1.54, 1.807) is 41.0 Å². The lowest BCUT2D eigenvalue weighted by Crippen LogP contribution is -2.63. The first-order valence-electron chi connectivity index (χ1n) is 11.9. The molecule has 3 unspecified atom stereocenters. The molecule has 1 aromatic rings. The number of anilines is 1. The van der Waals surface area contributed by atoms with Crippen LogP contribution in [0.5, 0.6) is 5.75 Å². The van der Waals surface area contributed by atoms with Crippen LogP contribution < -0.4 is 15.8 Å². The van der Waals surface area contributed by atoms with E-state index in [-0.39, 0.29) is 32.6 Å². The van der Waals surface area contributed by atoms with E-state index in [0.29, 0.717) is 31.1 Å². The number of nitrogens with zero attached hydrogens (tertiary/aromatic N) is 3. The van der Waals surface area contributed by atoms with E-state index in [4.69, 9.17) is 10.5 Å². The van der Waals surface area contributed by atoms with Gasteiger partial charge >= 0.3 is 17.9 Å². The predicted molar refractivity (Wildman–Crippen MR) is 131 cm³/mol. The average Bonchev–Trinajstić information content (AvgIpc) is 2.80. The molecule has 3 atom stereocenters. The molecule has 1 aromatic carbocycles. The summed E-state index contributed by atoms with van der Waals surface area (Å²) in [6.45, 7) is 2.44. The van der Waals surface area contributed by atoms with E-state index >= 15 is 0 Å². The second-order valence-electron chi connectivity index (χ2n) is 8.69. The van der Waals surface area contributed by atoms with E-state index in [0.717, 1.165) is 0 Å². The number of hydrogen-bond donors (Lipinski definition) is 6. The minimum absolute atomic E-state index is 0.104. The van der Waals surface area contributed by atoms with Crippen LogP contribution in [-0.2, 0) is 14.4 Å². The molecule has 36 heavy (non-hydrogen) atoms. The maximum atomic E-state index is 11.8. The molecule has 0 bridgehead atoms. The van der Waals surface area contributed by atoms with Crippen LogP contribution in [0.4, 0.5) is 5.69 Å². The van der Waals surface area contributed by atoms with Gasteiger partial charge in [-0.2, -0.15) is 0 Å². The van der Waals surface area contributed by atoms with Crippen molar-refractivity contribution in [3.63, 3.8) is 0 Å². The highest BCUT2D eigenvalue weighted by atomic mass is 16.5. The Bertz CT molecular complexity index is 855. The van der Waals surface area contributed by atoms with E-state index in [9.17, 15) is 34.8 Å². The standard InChI is InChI=1S/C23H37N5O8/c1-2-18(29)22-23(36-17-5-3-16(24)4-6-17)28(15-21(34)35)12-11-26(13-19(30)31)9-7-25-8-10-27(22)14-20(32)33/h3-6,18,22-23,25,29H,2,7-15,24H2,1H3,(H,30,31)(H,32,33)(H,34,35). The molecule has 1 saturated heterocycles. The third-order valence-corrected chi connectivity index (χ3v) is 5.94. The highest BCUT2D eigenvalue weighted by Crippen LogP contribution is 2.23. The number of nitrogen functional groups attached to an aromatic ring is 1. The number of aliphatic hydroxyl groups excluding tert-OH is 1. The van der Waals surface area contributed by atoms with Crippen molar-refractivity contribution in [2.24, 2.45) is 0 Å². The molecule has 1 aliphatic heterocycles. The molecule has 2 rings (SSSR count). The summed E-state index contributed by atoms with van der Waals surface area (Å²) < 4.78 is 6.25. The van der Waals surface area contributed by atoms with E-state index < -0.39 is 49.4 Å². The van der Waals surface area contributed by atoms with Gasteiger partial charge in [0.25, 0.3) is 0 Å². The summed E-state index contributed by atoms with van der Waals surface area (Å²) in [6, 6.07) is 5.55. The first-order chi connectivity index (χ1) is 17.1. The number of nitrogens with two attached hydrogens (primary N) is 1. The molecule has 202 valence electrons. The maximum Gasteiger partial charge on any atom is 0.317 e. The van der Waals surface area contributed by atoms with Crippen molar-refractivity contribution in [3.8, 4) is 5.75 Å². The fraction of sp³-hybridized carbons (Fsp3) is 0.609. The van der Waals surface area contributed by atoms with E-state index in [1.165, 1.54) is 4.90 Å². The zero-order valence-corrected chi connectivity index (χ0v) is 20.5. The molecule has 0 aliphatic carbocycles. The number of aliphatic carboxylic acids is 3. The molecule has 13 heteroatoms. The highest BCUT2D eigenvalue weighted by Gasteiger charge is 2.40. The Morgan fingerprint density at radius 1 is 0.944 bits per heavy atom. The van der Waals surface area contributed by atoms with Crippen LogP contribution in [0.2, 0.25) is 0 Å². The zero-order chi connectivity index (χ0) is 26.7. The van der Waals surface area contributed by atoms with Crippen LogP contribution in [-0.4, -0.2) is 130 Å². The van der Waals surface area contributed by atoms with Crippen molar-refractivity contribution in [1.29, 1.82) is 0 Å². The summed E-state index contributed by atoms with van der Waals surface area (Å²) in [5.41, 5.74) is 6.28. The Labute approximate surface area is 210 Å². The summed E-state index contributed by atoms with van der Waals surface area (Å²) in [5.74, 6) is -2.89. The second kappa shape index (κ2) is 14.6. The number of hydrogen-bond acceptors (Lipinski definition) is 10. The second-order valence-corrected chi connectivity index (χ2v) is 8.69. The quantitative estimate of drug-likeness (QED) is 0.207. The number of carboxylic acids is 3. The van der Waals surface area contributed by atoms with Crippen LogP contribution in [0.15, 0.2) is 24.3 Å². The highest BCUT2D eigenvalue weighted by molar-refractivity contribution is 5.70. The maximum absolute atomic E-state index is 11.8. The Kier molecular flexibility index (Phi) is 11.8. The Morgan fingerprint density at radius 3 is 2.11 bits per heavy atom. The molecule has 0 radical (unpaired) electrons. The van der Waals surface area contributed by atoms with Crippen molar-refractivity contribution in [2.45, 2.75) is 31.7 Å². The number of nitrogens with one attached hydrogen (secondary N) is 1. The minimum atomic E-state index is -1.14. The Balaban J connectivity index is 2.55. The Hall–Kier alpha value is -2.97. The van der Waals surface area contributed by atoms with Gasteiger partial charge in [0.15, 0.2) is 6.23 Å². The SMILES string of the molecule is CCC(O)C1C(Oc2ccc(N)cc2)N(CC(=O)O)CCN(CC(=O)O)CCNCCN1CC(=O)O. The van der Waals surface area contributed by atoms with Gasteiger partial charge in [-0.25, -0.2) is 0 Å². The largest absolute Gasteiger partial charge is 0.480 e. The van der Waals surface area contributed by atoms with Gasteiger partial charge in [0.1, 0.15) is 5.75 Å². The smallest absolute Gasteiger partial charge is 0.317 e. The lowest BCUT2D eigenvalue weighted by atomic mass is 10.0. The number of ether oxygens (including phenoxy) is 1. The summed E-state index contributed by atoms with van der Waals surface area (Å²) in [7, 11) is 0. The number of rotatable bonds is 10. The third kappa shape index (κ3) is 9.59. The third-order valence-electron chi connectivity index (χ3n) is 5.94. The summed E-state index contributed by atoms with van der Waals surface area (Å²) in [4.78, 5) is 39.7. The average molecular weight is 512 g/mol. The van der Waals surface area contributed by atoms with Gasteiger partial charge in [-0.15, -0.1) is 0 Å². The topological polar surface area (TPSA) is 189 Å². The number of carbonyl (C=O) groups is 3. The first-order valence-corrected chi connectivity index (χ1v) is 11.9. The lowest BCUT2D eigenvalue weighted by molar-refractivity contribution is -0.150. The van der Waals surface area contributed by atoms with Gasteiger partial charge in [-0.1, -0.05) is 6.92 Å². The van der Waals surface area contributed by atoms with Crippen LogP contribution in [0, 0.1) is 0 Å². The molecular weight excluding hydrogens is 474 g/mol. The van der Waals surface area contributed by atoms with Crippen molar-refractivity contribution < 1.29 is 39.5 Å². The van der Waals surface area contributed by atoms with E-state index in [1.807, 2.05) is 0 Å². The van der Waals surface area contributed by atoms with Gasteiger partial charge in [-0.05, 0) is 30.7 Å². The number of aliphatic hydroxyl groups is 1. The van der Waals surface area contributed by atoms with Crippen molar-refractivity contribution in [3.05, 3.63) is 24.3 Å². The van der Waals surface area contributed by atoms with Gasteiger partial charge in [-0.3, -0.25) is 29.1 Å². The van der Waals surface area contributed by atoms with Crippen LogP contribution in [0.1, 0.15) is 13.3 Å². The number of carboxylic acid groups (broad SMARTS) is 3. The lowest BCUT2D eigenvalue weighted by Gasteiger charge is -2.43. The van der Waals surface area contributed by atoms with E-state index in [2.05, 4.69) is 5.32 Å². The molecule has 0 aromatic heterocycles. The minimum Gasteiger partial charge on any atom is -0.480 e. The van der Waals surface area contributed by atoms with Crippen LogP contribution in [0.3, 0.4) is 0 Å². The fourth-order valence-electron chi connectivity index (χ4n) is 4.19. The van der Waals surface area contributed by atoms with Gasteiger partial charge in [0, 0.05) is 45.0 Å². The van der Waals surface area contributed by atoms with Crippen LogP contribution in [0.25, 0.3) is 0 Å².